The average Bonchev–Trinajstić information content (AvgIpc) is 2.36. The molecule has 0 radical (unpaired) electrons. The van der Waals surface area contributed by atoms with Crippen molar-refractivity contribution in [3.8, 4) is 5.75 Å². The topological polar surface area (TPSA) is 87.1 Å². The number of fused-ring (bicyclic) bond motifs is 1. The molecule has 2 N–H and O–H groups in total. The van der Waals surface area contributed by atoms with Gasteiger partial charge in [0.05, 0.1) is 13.7 Å². The minimum Gasteiger partial charge on any atom is -0.496 e. The third-order valence-corrected chi connectivity index (χ3v) is 3.10. The largest absolute Gasteiger partial charge is 0.496 e. The van der Waals surface area contributed by atoms with E-state index < -0.39 is 18.1 Å². The number of carboxylic acid groups (broad SMARTS) is 2. The standard InChI is InChI=1S/C12H13NO5/c1-18-10-4-2-3-7-5-9(11(14)15)13(12(16)17)6-8(7)10/h2-4,9H,5-6H2,1H3,(H,14,15)(H,16,17). The van der Waals surface area contributed by atoms with Gasteiger partial charge in [0.1, 0.15) is 11.8 Å². The number of carbonyl (C=O) groups is 2. The van der Waals surface area contributed by atoms with E-state index in [-0.39, 0.29) is 13.0 Å². The number of hydrogen-bond donors (Lipinski definition) is 2. The number of aliphatic carboxylic acids is 1. The summed E-state index contributed by atoms with van der Waals surface area (Å²) < 4.78 is 5.17. The van der Waals surface area contributed by atoms with E-state index in [1.807, 2.05) is 0 Å². The van der Waals surface area contributed by atoms with Crippen LogP contribution in [-0.2, 0) is 17.8 Å². The third kappa shape index (κ3) is 1.97. The van der Waals surface area contributed by atoms with Crippen LogP contribution in [0.5, 0.6) is 5.75 Å². The highest BCUT2D eigenvalue weighted by Crippen LogP contribution is 2.30. The monoisotopic (exact) mass is 251 g/mol. The van der Waals surface area contributed by atoms with Crippen LogP contribution in [0.25, 0.3) is 0 Å². The Labute approximate surface area is 103 Å². The first-order valence-electron chi connectivity index (χ1n) is 5.41. The van der Waals surface area contributed by atoms with E-state index in [1.165, 1.54) is 7.11 Å². The minimum atomic E-state index is -1.24. The number of hydrogen-bond acceptors (Lipinski definition) is 3. The molecule has 1 aliphatic rings. The number of rotatable bonds is 2. The fourth-order valence-corrected chi connectivity index (χ4v) is 2.19. The molecule has 0 saturated heterocycles. The summed E-state index contributed by atoms with van der Waals surface area (Å²) in [5, 5.41) is 18.1. The molecular formula is C12H13NO5. The van der Waals surface area contributed by atoms with Gasteiger partial charge in [-0.2, -0.15) is 0 Å². The second-order valence-corrected chi connectivity index (χ2v) is 4.07. The van der Waals surface area contributed by atoms with Gasteiger partial charge in [0.2, 0.25) is 0 Å². The van der Waals surface area contributed by atoms with Crippen molar-refractivity contribution >= 4 is 12.1 Å². The first-order valence-corrected chi connectivity index (χ1v) is 5.41. The van der Waals surface area contributed by atoms with Crippen molar-refractivity contribution in [2.75, 3.05) is 7.11 Å². The molecule has 0 aliphatic carbocycles. The molecule has 1 aliphatic heterocycles. The Balaban J connectivity index is 2.44. The van der Waals surface area contributed by atoms with Crippen LogP contribution >= 0.6 is 0 Å². The Kier molecular flexibility index (Phi) is 3.10. The smallest absolute Gasteiger partial charge is 0.408 e. The first kappa shape index (κ1) is 12.2. The molecule has 0 saturated carbocycles. The fourth-order valence-electron chi connectivity index (χ4n) is 2.19. The normalized spacial score (nSPS) is 18.1. The molecule has 1 aromatic rings. The van der Waals surface area contributed by atoms with Crippen LogP contribution in [0.3, 0.4) is 0 Å². The van der Waals surface area contributed by atoms with E-state index in [1.54, 1.807) is 18.2 Å². The van der Waals surface area contributed by atoms with Crippen molar-refractivity contribution in [3.05, 3.63) is 29.3 Å². The van der Waals surface area contributed by atoms with Gasteiger partial charge in [-0.15, -0.1) is 0 Å². The van der Waals surface area contributed by atoms with Crippen LogP contribution in [0, 0.1) is 0 Å². The van der Waals surface area contributed by atoms with Gasteiger partial charge in [-0.25, -0.2) is 9.59 Å². The van der Waals surface area contributed by atoms with E-state index in [0.29, 0.717) is 5.75 Å². The van der Waals surface area contributed by atoms with Crippen molar-refractivity contribution < 1.29 is 24.5 Å². The van der Waals surface area contributed by atoms with Crippen LogP contribution in [0.4, 0.5) is 4.79 Å². The van der Waals surface area contributed by atoms with E-state index >= 15 is 0 Å². The number of methoxy groups -OCH3 is 1. The van der Waals surface area contributed by atoms with Gasteiger partial charge in [-0.1, -0.05) is 12.1 Å². The van der Waals surface area contributed by atoms with Crippen molar-refractivity contribution in [1.82, 2.24) is 4.90 Å². The molecule has 6 heteroatoms. The first-order chi connectivity index (χ1) is 8.54. The van der Waals surface area contributed by atoms with Gasteiger partial charge in [-0.05, 0) is 11.6 Å². The maximum Gasteiger partial charge on any atom is 0.408 e. The Morgan fingerprint density at radius 2 is 2.11 bits per heavy atom. The lowest BCUT2D eigenvalue weighted by molar-refractivity contribution is -0.143. The number of carboxylic acids is 1. The van der Waals surface area contributed by atoms with Crippen molar-refractivity contribution in [3.63, 3.8) is 0 Å². The van der Waals surface area contributed by atoms with Gasteiger partial charge < -0.3 is 14.9 Å². The second kappa shape index (κ2) is 4.56. The summed E-state index contributed by atoms with van der Waals surface area (Å²) in [7, 11) is 1.50. The molecule has 1 heterocycles. The maximum absolute atomic E-state index is 11.1. The van der Waals surface area contributed by atoms with Crippen molar-refractivity contribution in [2.45, 2.75) is 19.0 Å². The van der Waals surface area contributed by atoms with Gasteiger partial charge in [0.25, 0.3) is 0 Å². The fraction of sp³-hybridized carbons (Fsp3) is 0.333. The molecule has 18 heavy (non-hydrogen) atoms. The lowest BCUT2D eigenvalue weighted by Gasteiger charge is -2.32. The molecule has 0 fully saturated rings. The van der Waals surface area contributed by atoms with Crippen LogP contribution in [-0.4, -0.2) is 40.3 Å². The van der Waals surface area contributed by atoms with Gasteiger partial charge in [0.15, 0.2) is 0 Å². The number of amides is 1. The Morgan fingerprint density at radius 3 is 2.67 bits per heavy atom. The zero-order chi connectivity index (χ0) is 13.3. The Bertz CT molecular complexity index is 499. The van der Waals surface area contributed by atoms with E-state index in [0.717, 1.165) is 16.0 Å². The number of ether oxygens (including phenoxy) is 1. The summed E-state index contributed by atoms with van der Waals surface area (Å²) in [5.41, 5.74) is 1.55. The Hall–Kier alpha value is -2.24. The van der Waals surface area contributed by atoms with Crippen LogP contribution in [0.15, 0.2) is 18.2 Å². The van der Waals surface area contributed by atoms with E-state index in [4.69, 9.17) is 14.9 Å². The Morgan fingerprint density at radius 1 is 1.39 bits per heavy atom. The van der Waals surface area contributed by atoms with E-state index in [2.05, 4.69) is 0 Å². The summed E-state index contributed by atoms with van der Waals surface area (Å²) in [6, 6.07) is 4.27. The quantitative estimate of drug-likeness (QED) is 0.824. The number of nitrogens with zero attached hydrogens (tertiary/aromatic N) is 1. The summed E-state index contributed by atoms with van der Waals surface area (Å²) in [6.45, 7) is 0.0334. The molecule has 1 amide bonds. The molecule has 0 aromatic heterocycles. The van der Waals surface area contributed by atoms with Gasteiger partial charge in [0, 0.05) is 12.0 Å². The average molecular weight is 251 g/mol. The summed E-state index contributed by atoms with van der Waals surface area (Å²) in [4.78, 5) is 23.1. The molecule has 2 rings (SSSR count). The van der Waals surface area contributed by atoms with E-state index in [9.17, 15) is 9.59 Å². The molecule has 1 aromatic carbocycles. The molecule has 0 spiro atoms. The van der Waals surface area contributed by atoms with Crippen LogP contribution < -0.4 is 4.74 Å². The minimum absolute atomic E-state index is 0.0334. The molecular weight excluding hydrogens is 238 g/mol. The lowest BCUT2D eigenvalue weighted by atomic mass is 9.93. The molecule has 6 nitrogen and oxygen atoms in total. The van der Waals surface area contributed by atoms with Gasteiger partial charge >= 0.3 is 12.1 Å². The summed E-state index contributed by atoms with van der Waals surface area (Å²) in [5.74, 6) is -0.548. The zero-order valence-corrected chi connectivity index (χ0v) is 9.79. The second-order valence-electron chi connectivity index (χ2n) is 4.07. The molecule has 0 bridgehead atoms. The maximum atomic E-state index is 11.1. The number of benzene rings is 1. The van der Waals surface area contributed by atoms with Crippen LogP contribution in [0.2, 0.25) is 0 Å². The van der Waals surface area contributed by atoms with Gasteiger partial charge in [-0.3, -0.25) is 4.90 Å². The zero-order valence-electron chi connectivity index (χ0n) is 9.79. The predicted octanol–water partition coefficient (Wildman–Crippen LogP) is 1.18. The third-order valence-electron chi connectivity index (χ3n) is 3.10. The molecule has 96 valence electrons. The highest BCUT2D eigenvalue weighted by Gasteiger charge is 2.35. The highest BCUT2D eigenvalue weighted by molar-refractivity contribution is 5.80. The van der Waals surface area contributed by atoms with Crippen molar-refractivity contribution in [2.24, 2.45) is 0 Å². The highest BCUT2D eigenvalue weighted by atomic mass is 16.5. The van der Waals surface area contributed by atoms with Crippen LogP contribution in [0.1, 0.15) is 11.1 Å². The molecule has 1 unspecified atom stereocenters. The van der Waals surface area contributed by atoms with Crippen molar-refractivity contribution in [1.29, 1.82) is 0 Å². The summed E-state index contributed by atoms with van der Waals surface area (Å²) >= 11 is 0. The SMILES string of the molecule is COc1cccc2c1CN(C(=O)O)C(C(=O)O)C2. The molecule has 1 atom stereocenters. The lowest BCUT2D eigenvalue weighted by Crippen LogP contribution is -2.48. The summed E-state index contributed by atoms with van der Waals surface area (Å²) in [6.07, 6.45) is -1.08. The predicted molar refractivity (Wildman–Crippen MR) is 61.7 cm³/mol.